The number of aliphatic hydroxyl groups excluding tert-OH is 1. The molecule has 2 aromatic carbocycles. The van der Waals surface area contributed by atoms with Crippen molar-refractivity contribution in [3.63, 3.8) is 0 Å². The molecule has 8 nitrogen and oxygen atoms in total. The molecule has 1 amide bonds. The van der Waals surface area contributed by atoms with Gasteiger partial charge in [-0.1, -0.05) is 25.1 Å². The fourth-order valence-electron chi connectivity index (χ4n) is 4.65. The number of carbonyl (C=O) groups excluding carboxylic acids is 1. The lowest BCUT2D eigenvalue weighted by molar-refractivity contribution is -0.134. The number of rotatable bonds is 9. The number of nitrogens with one attached hydrogen (secondary N) is 1. The fraction of sp³-hybridized carbons (Fsp3) is 0.519. The smallest absolute Gasteiger partial charge is 0.261 e. The van der Waals surface area contributed by atoms with Gasteiger partial charge in [0.25, 0.3) is 10.0 Å². The number of hydrogen-bond acceptors (Lipinski definition) is 6. The summed E-state index contributed by atoms with van der Waals surface area (Å²) in [5, 5.41) is 9.81. The van der Waals surface area contributed by atoms with Crippen molar-refractivity contribution in [1.82, 2.24) is 9.80 Å². The average Bonchev–Trinajstić information content (AvgIpc) is 3.66. The zero-order valence-electron chi connectivity index (χ0n) is 21.3. The third kappa shape index (κ3) is 6.57. The van der Waals surface area contributed by atoms with Gasteiger partial charge in [0, 0.05) is 36.8 Å². The number of aliphatic hydroxyl groups is 1. The second kappa shape index (κ2) is 11.2. The highest BCUT2D eigenvalue weighted by atomic mass is 32.2. The van der Waals surface area contributed by atoms with Crippen LogP contribution in [-0.2, 0) is 21.2 Å². The minimum Gasteiger partial charge on any atom is -0.488 e. The molecule has 4 rings (SSSR count). The molecule has 1 saturated carbocycles. The van der Waals surface area contributed by atoms with Crippen molar-refractivity contribution in [2.24, 2.45) is 11.8 Å². The second-order valence-corrected chi connectivity index (χ2v) is 12.0. The number of benzene rings is 2. The van der Waals surface area contributed by atoms with Crippen LogP contribution in [0.1, 0.15) is 32.3 Å². The molecule has 3 atom stereocenters. The molecular formula is C27H37N3O5S. The molecule has 36 heavy (non-hydrogen) atoms. The van der Waals surface area contributed by atoms with Gasteiger partial charge in [-0.2, -0.15) is 0 Å². The number of ether oxygens (including phenoxy) is 1. The van der Waals surface area contributed by atoms with E-state index in [2.05, 4.69) is 23.6 Å². The summed E-state index contributed by atoms with van der Waals surface area (Å²) in [5.74, 6) is 1.25. The number of likely N-dealkylation sites (N-methyl/N-ethyl adjacent to an activating group) is 1. The highest BCUT2D eigenvalue weighted by Gasteiger charge is 2.32. The quantitative estimate of drug-likeness (QED) is 0.533. The van der Waals surface area contributed by atoms with Gasteiger partial charge in [0.05, 0.1) is 24.0 Å². The molecule has 0 aromatic heterocycles. The summed E-state index contributed by atoms with van der Waals surface area (Å²) in [4.78, 5) is 17.5. The Bertz CT molecular complexity index is 1150. The zero-order valence-corrected chi connectivity index (χ0v) is 22.1. The summed E-state index contributed by atoms with van der Waals surface area (Å²) in [5.41, 5.74) is 0.984. The van der Waals surface area contributed by atoms with Crippen molar-refractivity contribution >= 4 is 21.6 Å². The molecule has 2 aliphatic rings. The molecule has 0 bridgehead atoms. The van der Waals surface area contributed by atoms with E-state index in [0.29, 0.717) is 23.5 Å². The molecule has 1 aliphatic carbocycles. The van der Waals surface area contributed by atoms with E-state index >= 15 is 0 Å². The summed E-state index contributed by atoms with van der Waals surface area (Å²) in [7, 11) is -1.67. The minimum atomic E-state index is -3.77. The third-order valence-electron chi connectivity index (χ3n) is 6.98. The summed E-state index contributed by atoms with van der Waals surface area (Å²) in [6, 6.07) is 12.9. The molecular weight excluding hydrogens is 478 g/mol. The molecule has 9 heteroatoms. The molecule has 196 valence electrons. The molecule has 2 N–H and O–H groups in total. The molecule has 1 heterocycles. The summed E-state index contributed by atoms with van der Waals surface area (Å²) in [6.07, 6.45) is 2.43. The largest absolute Gasteiger partial charge is 0.488 e. The fourth-order valence-corrected chi connectivity index (χ4v) is 5.72. The average molecular weight is 516 g/mol. The van der Waals surface area contributed by atoms with Gasteiger partial charge in [0.15, 0.2) is 0 Å². The van der Waals surface area contributed by atoms with Crippen molar-refractivity contribution < 1.29 is 23.1 Å². The molecule has 0 radical (unpaired) electrons. The maximum Gasteiger partial charge on any atom is 0.261 e. The Morgan fingerprint density at radius 2 is 1.89 bits per heavy atom. The Morgan fingerprint density at radius 3 is 2.56 bits per heavy atom. The number of anilines is 1. The van der Waals surface area contributed by atoms with Gasteiger partial charge in [-0.15, -0.1) is 0 Å². The van der Waals surface area contributed by atoms with Crippen LogP contribution in [0.25, 0.3) is 0 Å². The number of carbonyl (C=O) groups is 1. The summed E-state index contributed by atoms with van der Waals surface area (Å²) >= 11 is 0. The van der Waals surface area contributed by atoms with E-state index in [9.17, 15) is 18.3 Å². The van der Waals surface area contributed by atoms with Crippen molar-refractivity contribution in [3.8, 4) is 5.75 Å². The molecule has 0 spiro atoms. The number of hydrogen-bond donors (Lipinski definition) is 2. The van der Waals surface area contributed by atoms with Crippen molar-refractivity contribution in [3.05, 3.63) is 54.1 Å². The molecule has 0 unspecified atom stereocenters. The van der Waals surface area contributed by atoms with Crippen LogP contribution in [0.5, 0.6) is 5.75 Å². The summed E-state index contributed by atoms with van der Waals surface area (Å²) < 4.78 is 34.8. The van der Waals surface area contributed by atoms with Crippen LogP contribution < -0.4 is 9.46 Å². The highest BCUT2D eigenvalue weighted by molar-refractivity contribution is 7.92. The Morgan fingerprint density at radius 1 is 1.17 bits per heavy atom. The van der Waals surface area contributed by atoms with Gasteiger partial charge >= 0.3 is 0 Å². The van der Waals surface area contributed by atoms with E-state index in [1.807, 2.05) is 6.92 Å². The van der Waals surface area contributed by atoms with Crippen LogP contribution in [0, 0.1) is 11.8 Å². The van der Waals surface area contributed by atoms with Crippen molar-refractivity contribution in [2.45, 2.75) is 50.2 Å². The molecule has 1 fully saturated rings. The summed E-state index contributed by atoms with van der Waals surface area (Å²) in [6.45, 7) is 6.00. The lowest BCUT2D eigenvalue weighted by Crippen LogP contribution is -2.47. The Kier molecular flexibility index (Phi) is 8.22. The zero-order chi connectivity index (χ0) is 25.9. The van der Waals surface area contributed by atoms with Crippen LogP contribution >= 0.6 is 0 Å². The maximum atomic E-state index is 13.3. The molecule has 0 saturated heterocycles. The van der Waals surface area contributed by atoms with Gasteiger partial charge in [0.1, 0.15) is 11.9 Å². The maximum absolute atomic E-state index is 13.3. The first-order chi connectivity index (χ1) is 17.2. The number of fused-ring (bicyclic) bond motifs is 1. The van der Waals surface area contributed by atoms with Crippen molar-refractivity contribution in [1.29, 1.82) is 0 Å². The highest BCUT2D eigenvalue weighted by Crippen LogP contribution is 2.32. The topological polar surface area (TPSA) is 99.2 Å². The SMILES string of the molecule is C[C@@H]1CN([C@@H](C)CO)C(=O)Cc2cc(NS(=O)(=O)c3ccccc3)ccc2O[C@@H]1CN(C)CC1CC1. The number of amides is 1. The van der Waals surface area contributed by atoms with Crippen LogP contribution in [-0.4, -0.2) is 74.7 Å². The Hall–Kier alpha value is -2.62. The first-order valence-corrected chi connectivity index (χ1v) is 14.1. The van der Waals surface area contributed by atoms with Gasteiger partial charge in [-0.05, 0) is 63.1 Å². The molecule has 1 aliphatic heterocycles. The molecule has 2 aromatic rings. The predicted octanol–water partition coefficient (Wildman–Crippen LogP) is 2.98. The second-order valence-electron chi connectivity index (χ2n) is 10.3. The first kappa shape index (κ1) is 26.4. The lowest BCUT2D eigenvalue weighted by Gasteiger charge is -2.34. The van der Waals surface area contributed by atoms with E-state index < -0.39 is 10.0 Å². The van der Waals surface area contributed by atoms with Gasteiger partial charge in [-0.3, -0.25) is 9.52 Å². The lowest BCUT2D eigenvalue weighted by atomic mass is 10.0. The van der Waals surface area contributed by atoms with E-state index in [1.54, 1.807) is 41.3 Å². The monoisotopic (exact) mass is 515 g/mol. The van der Waals surface area contributed by atoms with Crippen molar-refractivity contribution in [2.75, 3.05) is 38.0 Å². The number of sulfonamides is 1. The van der Waals surface area contributed by atoms with Crippen LogP contribution in [0.3, 0.4) is 0 Å². The van der Waals surface area contributed by atoms with Crippen LogP contribution in [0.2, 0.25) is 0 Å². The Balaban J connectivity index is 1.63. The predicted molar refractivity (Wildman–Crippen MR) is 139 cm³/mol. The minimum absolute atomic E-state index is 0.0341. The van der Waals surface area contributed by atoms with E-state index in [0.717, 1.165) is 19.0 Å². The Labute approximate surface area is 214 Å². The number of nitrogens with zero attached hydrogens (tertiary/aromatic N) is 2. The van der Waals surface area contributed by atoms with Gasteiger partial charge in [-0.25, -0.2) is 8.42 Å². The normalized spacial score (nSPS) is 21.7. The van der Waals surface area contributed by atoms with Crippen LogP contribution in [0.4, 0.5) is 5.69 Å². The van der Waals surface area contributed by atoms with E-state index in [-0.39, 0.29) is 41.9 Å². The first-order valence-electron chi connectivity index (χ1n) is 12.6. The van der Waals surface area contributed by atoms with Crippen LogP contribution in [0.15, 0.2) is 53.4 Å². The van der Waals surface area contributed by atoms with Gasteiger partial charge < -0.3 is 19.6 Å². The van der Waals surface area contributed by atoms with E-state index in [1.165, 1.54) is 25.0 Å². The standard InChI is InChI=1S/C27H37N3O5S/c1-19-15-30(20(2)18-31)27(32)14-22-13-23(28-36(33,34)24-7-5-4-6-8-24)11-12-25(22)35-26(19)17-29(3)16-21-9-10-21/h4-8,11-13,19-21,26,28,31H,9-10,14-18H2,1-3H3/t19-,20+,26-/m1/s1. The van der Waals surface area contributed by atoms with Gasteiger partial charge in [0.2, 0.25) is 5.91 Å². The third-order valence-corrected chi connectivity index (χ3v) is 8.38. The van der Waals surface area contributed by atoms with E-state index in [4.69, 9.17) is 4.74 Å².